The molecule has 0 aliphatic carbocycles. The lowest BCUT2D eigenvalue weighted by Gasteiger charge is -2.23. The van der Waals surface area contributed by atoms with Crippen molar-refractivity contribution < 1.29 is 0 Å². The van der Waals surface area contributed by atoms with Gasteiger partial charge in [0.2, 0.25) is 0 Å². The topological polar surface area (TPSA) is 44.0 Å². The van der Waals surface area contributed by atoms with E-state index in [4.69, 9.17) is 5.41 Å². The molecule has 4 heteroatoms. The van der Waals surface area contributed by atoms with Crippen LogP contribution in [-0.2, 0) is 13.1 Å². The Morgan fingerprint density at radius 2 is 1.88 bits per heavy atom. The minimum Gasteiger partial charge on any atom is -0.346 e. The van der Waals surface area contributed by atoms with Crippen molar-refractivity contribution in [1.29, 1.82) is 5.41 Å². The summed E-state index contributed by atoms with van der Waals surface area (Å²) in [6.45, 7) is 4.91. The third-order valence-electron chi connectivity index (χ3n) is 4.59. The van der Waals surface area contributed by atoms with Crippen molar-refractivity contribution in [3.8, 4) is 0 Å². The molecule has 3 aromatic rings. The standard InChI is InChI=1S/C21H26N4/c1-23-11-13-24(17-18-6-3-2-4-7-18)14-15-25-12-10-20-19(16-22)8-5-9-21(20)25/h2-10,12,16,22-23H,11,13-15,17H2,1H3. The van der Waals surface area contributed by atoms with Crippen LogP contribution >= 0.6 is 0 Å². The molecule has 0 aliphatic rings. The van der Waals surface area contributed by atoms with Crippen LogP contribution in [0.1, 0.15) is 11.1 Å². The normalized spacial score (nSPS) is 11.3. The molecule has 0 saturated carbocycles. The maximum absolute atomic E-state index is 7.56. The maximum Gasteiger partial charge on any atom is 0.0487 e. The Morgan fingerprint density at radius 3 is 2.64 bits per heavy atom. The number of benzene rings is 2. The second kappa shape index (κ2) is 8.60. The van der Waals surface area contributed by atoms with Gasteiger partial charge in [0.25, 0.3) is 0 Å². The molecule has 1 aromatic heterocycles. The molecule has 0 unspecified atom stereocenters. The van der Waals surface area contributed by atoms with Gasteiger partial charge in [0.1, 0.15) is 0 Å². The zero-order valence-electron chi connectivity index (χ0n) is 14.8. The first-order chi connectivity index (χ1) is 12.3. The zero-order valence-corrected chi connectivity index (χ0v) is 14.8. The fourth-order valence-corrected chi connectivity index (χ4v) is 3.20. The Morgan fingerprint density at radius 1 is 1.04 bits per heavy atom. The molecule has 0 spiro atoms. The summed E-state index contributed by atoms with van der Waals surface area (Å²) in [4.78, 5) is 2.48. The van der Waals surface area contributed by atoms with Crippen LogP contribution in [0.3, 0.4) is 0 Å². The Kier molecular flexibility index (Phi) is 5.99. The number of hydrogen-bond acceptors (Lipinski definition) is 3. The van der Waals surface area contributed by atoms with Gasteiger partial charge in [0.15, 0.2) is 0 Å². The van der Waals surface area contributed by atoms with Crippen molar-refractivity contribution in [3.63, 3.8) is 0 Å². The lowest BCUT2D eigenvalue weighted by molar-refractivity contribution is 0.257. The molecule has 0 radical (unpaired) electrons. The van der Waals surface area contributed by atoms with Crippen LogP contribution in [-0.4, -0.2) is 42.4 Å². The average molecular weight is 334 g/mol. The molecule has 3 rings (SSSR count). The van der Waals surface area contributed by atoms with E-state index >= 15 is 0 Å². The fourth-order valence-electron chi connectivity index (χ4n) is 3.20. The summed E-state index contributed by atoms with van der Waals surface area (Å²) in [6, 6.07) is 18.9. The monoisotopic (exact) mass is 334 g/mol. The van der Waals surface area contributed by atoms with Crippen molar-refractivity contribution >= 4 is 17.1 Å². The predicted octanol–water partition coefficient (Wildman–Crippen LogP) is 3.36. The summed E-state index contributed by atoms with van der Waals surface area (Å²) in [5.41, 5.74) is 3.53. The maximum atomic E-state index is 7.56. The molecular formula is C21H26N4. The highest BCUT2D eigenvalue weighted by atomic mass is 15.2. The third kappa shape index (κ3) is 4.35. The largest absolute Gasteiger partial charge is 0.346 e. The van der Waals surface area contributed by atoms with Crippen molar-refractivity contribution in [2.24, 2.45) is 0 Å². The van der Waals surface area contributed by atoms with Gasteiger partial charge in [0, 0.05) is 61.6 Å². The molecule has 0 fully saturated rings. The van der Waals surface area contributed by atoms with Gasteiger partial charge in [-0.15, -0.1) is 0 Å². The van der Waals surface area contributed by atoms with Crippen LogP contribution in [0.2, 0.25) is 0 Å². The van der Waals surface area contributed by atoms with Gasteiger partial charge in [-0.1, -0.05) is 42.5 Å². The molecule has 4 nitrogen and oxygen atoms in total. The van der Waals surface area contributed by atoms with Crippen LogP contribution in [0.5, 0.6) is 0 Å². The van der Waals surface area contributed by atoms with Crippen LogP contribution in [0.4, 0.5) is 0 Å². The van der Waals surface area contributed by atoms with Gasteiger partial charge < -0.3 is 15.3 Å². The van der Waals surface area contributed by atoms with Crippen molar-refractivity contribution in [3.05, 3.63) is 71.9 Å². The molecule has 1 heterocycles. The summed E-state index contributed by atoms with van der Waals surface area (Å²) in [5, 5.41) is 12.0. The van der Waals surface area contributed by atoms with E-state index in [1.165, 1.54) is 17.3 Å². The highest BCUT2D eigenvalue weighted by molar-refractivity contribution is 5.97. The van der Waals surface area contributed by atoms with E-state index in [2.05, 4.69) is 63.4 Å². The molecule has 0 bridgehead atoms. The van der Waals surface area contributed by atoms with Crippen molar-refractivity contribution in [1.82, 2.24) is 14.8 Å². The summed E-state index contributed by atoms with van der Waals surface area (Å²) in [7, 11) is 2.00. The summed E-state index contributed by atoms with van der Waals surface area (Å²) in [6.07, 6.45) is 3.57. The van der Waals surface area contributed by atoms with E-state index in [1.807, 2.05) is 19.2 Å². The fraction of sp³-hybridized carbons (Fsp3) is 0.286. The summed E-state index contributed by atoms with van der Waals surface area (Å²) >= 11 is 0. The second-order valence-corrected chi connectivity index (χ2v) is 6.30. The smallest absolute Gasteiger partial charge is 0.0487 e. The van der Waals surface area contributed by atoms with Crippen LogP contribution in [0, 0.1) is 5.41 Å². The minimum absolute atomic E-state index is 0.946. The van der Waals surface area contributed by atoms with Gasteiger partial charge in [-0.05, 0) is 24.7 Å². The lowest BCUT2D eigenvalue weighted by Crippen LogP contribution is -2.33. The van der Waals surface area contributed by atoms with Crippen LogP contribution in [0.25, 0.3) is 10.9 Å². The van der Waals surface area contributed by atoms with Gasteiger partial charge in [-0.3, -0.25) is 4.90 Å². The quantitative estimate of drug-likeness (QED) is 0.589. The van der Waals surface area contributed by atoms with E-state index in [-0.39, 0.29) is 0 Å². The average Bonchev–Trinajstić information content (AvgIpc) is 3.08. The number of aromatic nitrogens is 1. The molecule has 0 saturated heterocycles. The lowest BCUT2D eigenvalue weighted by atomic mass is 10.1. The number of fused-ring (bicyclic) bond motifs is 1. The van der Waals surface area contributed by atoms with Gasteiger partial charge >= 0.3 is 0 Å². The Bertz CT molecular complexity index is 807. The number of hydrogen-bond donors (Lipinski definition) is 2. The highest BCUT2D eigenvalue weighted by Gasteiger charge is 2.08. The van der Waals surface area contributed by atoms with Gasteiger partial charge in [-0.2, -0.15) is 0 Å². The Hall–Kier alpha value is -2.43. The predicted molar refractivity (Wildman–Crippen MR) is 105 cm³/mol. The van der Waals surface area contributed by atoms with Crippen molar-refractivity contribution in [2.45, 2.75) is 13.1 Å². The molecule has 0 aliphatic heterocycles. The first-order valence-electron chi connectivity index (χ1n) is 8.81. The first kappa shape index (κ1) is 17.4. The van der Waals surface area contributed by atoms with E-state index in [0.717, 1.165) is 43.7 Å². The highest BCUT2D eigenvalue weighted by Crippen LogP contribution is 2.19. The SMILES string of the molecule is CNCCN(CCn1ccc2c(C=N)cccc21)Cc1ccccc1. The van der Waals surface area contributed by atoms with E-state index in [9.17, 15) is 0 Å². The molecule has 0 atom stereocenters. The molecule has 130 valence electrons. The van der Waals surface area contributed by atoms with E-state index in [1.54, 1.807) is 0 Å². The summed E-state index contributed by atoms with van der Waals surface area (Å²) < 4.78 is 2.29. The Balaban J connectivity index is 1.71. The van der Waals surface area contributed by atoms with Crippen LogP contribution < -0.4 is 5.32 Å². The molecular weight excluding hydrogens is 308 g/mol. The van der Waals surface area contributed by atoms with E-state index < -0.39 is 0 Å². The summed E-state index contributed by atoms with van der Waals surface area (Å²) in [5.74, 6) is 0. The molecule has 25 heavy (non-hydrogen) atoms. The minimum atomic E-state index is 0.946. The third-order valence-corrected chi connectivity index (χ3v) is 4.59. The van der Waals surface area contributed by atoms with Gasteiger partial charge in [0.05, 0.1) is 0 Å². The molecule has 2 aromatic carbocycles. The second-order valence-electron chi connectivity index (χ2n) is 6.30. The number of nitrogens with zero attached hydrogens (tertiary/aromatic N) is 2. The Labute approximate surface area is 149 Å². The molecule has 0 amide bonds. The first-order valence-corrected chi connectivity index (χ1v) is 8.81. The number of likely N-dealkylation sites (N-methyl/N-ethyl adjacent to an activating group) is 1. The van der Waals surface area contributed by atoms with Crippen LogP contribution in [0.15, 0.2) is 60.8 Å². The van der Waals surface area contributed by atoms with Crippen molar-refractivity contribution in [2.75, 3.05) is 26.7 Å². The number of rotatable bonds is 9. The number of nitrogens with one attached hydrogen (secondary N) is 2. The molecule has 2 N–H and O–H groups in total. The van der Waals surface area contributed by atoms with Gasteiger partial charge in [-0.25, -0.2) is 0 Å². The zero-order chi connectivity index (χ0) is 17.5. The van der Waals surface area contributed by atoms with E-state index in [0.29, 0.717) is 0 Å².